The van der Waals surface area contributed by atoms with E-state index in [4.69, 9.17) is 26.2 Å². The molecule has 2 aliphatic heterocycles. The molecule has 0 spiro atoms. The van der Waals surface area contributed by atoms with Gasteiger partial charge in [-0.25, -0.2) is 0 Å². The molecule has 0 aromatic heterocycles. The van der Waals surface area contributed by atoms with Gasteiger partial charge in [-0.2, -0.15) is 18.4 Å². The fourth-order valence-corrected chi connectivity index (χ4v) is 2.59. The Hall–Kier alpha value is -4.00. The molecule has 0 radical (unpaired) electrons. The molecule has 7 nitrogen and oxygen atoms in total. The lowest BCUT2D eigenvalue weighted by Gasteiger charge is -2.21. The van der Waals surface area contributed by atoms with Gasteiger partial charge in [0.05, 0.1) is 28.6 Å². The number of hydrogen-bond donors (Lipinski definition) is 4. The van der Waals surface area contributed by atoms with Crippen LogP contribution in [0, 0.1) is 11.3 Å². The maximum atomic E-state index is 12.4. The molecule has 0 saturated carbocycles. The summed E-state index contributed by atoms with van der Waals surface area (Å²) in [5, 5.41) is 14.3. The van der Waals surface area contributed by atoms with E-state index in [0.717, 1.165) is 17.8 Å². The van der Waals surface area contributed by atoms with Gasteiger partial charge in [-0.1, -0.05) is 0 Å². The average Bonchev–Trinajstić information content (AvgIpc) is 2.69. The lowest BCUT2D eigenvalue weighted by molar-refractivity contribution is -0.137. The molecule has 0 saturated heterocycles. The van der Waals surface area contributed by atoms with Gasteiger partial charge in [0.25, 0.3) is 0 Å². The maximum Gasteiger partial charge on any atom is 0.416 e. The molecule has 2 heterocycles. The van der Waals surface area contributed by atoms with Crippen LogP contribution < -0.4 is 31.6 Å². The average molecular weight is 417 g/mol. The molecule has 0 atom stereocenters. The van der Waals surface area contributed by atoms with E-state index in [1.54, 1.807) is 32.0 Å². The largest absolute Gasteiger partial charge is 0.456 e. The zero-order valence-corrected chi connectivity index (χ0v) is 16.0. The van der Waals surface area contributed by atoms with Gasteiger partial charge in [0.2, 0.25) is 0 Å². The Morgan fingerprint density at radius 2 is 1.37 bits per heavy atom. The number of nitriles is 1. The summed E-state index contributed by atoms with van der Waals surface area (Å²) in [5.74, 6) is 2.80. The third-order valence-electron chi connectivity index (χ3n) is 4.24. The highest BCUT2D eigenvalue weighted by molar-refractivity contribution is 5.65. The molecule has 156 valence electrons. The molecule has 0 aliphatic carbocycles. The van der Waals surface area contributed by atoms with E-state index < -0.39 is 11.7 Å². The molecular formula is C20H18F3N5O2. The highest BCUT2D eigenvalue weighted by Crippen LogP contribution is 2.37. The van der Waals surface area contributed by atoms with Crippen molar-refractivity contribution in [2.24, 2.45) is 11.5 Å². The number of ether oxygens (including phenoxy) is 2. The fourth-order valence-electron chi connectivity index (χ4n) is 2.59. The van der Waals surface area contributed by atoms with Gasteiger partial charge in [-0.3, -0.25) is 0 Å². The van der Waals surface area contributed by atoms with E-state index in [9.17, 15) is 13.2 Å². The minimum Gasteiger partial charge on any atom is -0.456 e. The van der Waals surface area contributed by atoms with Gasteiger partial charge in [0.15, 0.2) is 11.5 Å². The minimum atomic E-state index is -4.37. The second kappa shape index (κ2) is 7.79. The molecule has 4 rings (SSSR count). The topological polar surface area (TPSA) is 118 Å². The highest BCUT2D eigenvalue weighted by Gasteiger charge is 2.31. The van der Waals surface area contributed by atoms with Crippen LogP contribution in [0.25, 0.3) is 0 Å². The summed E-state index contributed by atoms with van der Waals surface area (Å²) in [5.41, 5.74) is 11.9. The van der Waals surface area contributed by atoms with E-state index in [1.807, 2.05) is 0 Å². The first kappa shape index (κ1) is 20.7. The number of benzene rings is 2. The summed E-state index contributed by atoms with van der Waals surface area (Å²) >= 11 is 0. The molecular weight excluding hydrogens is 399 g/mol. The van der Waals surface area contributed by atoms with Crippen LogP contribution >= 0.6 is 0 Å². The Balaban J connectivity index is 0.000000172. The number of fused-ring (bicyclic) bond motifs is 2. The number of nitrogens with one attached hydrogen (secondary N) is 2. The second-order valence-corrected chi connectivity index (χ2v) is 6.43. The van der Waals surface area contributed by atoms with Crippen molar-refractivity contribution in [2.45, 2.75) is 20.0 Å². The second-order valence-electron chi connectivity index (χ2n) is 6.43. The van der Waals surface area contributed by atoms with E-state index in [1.165, 1.54) is 6.07 Å². The third kappa shape index (κ3) is 4.35. The van der Waals surface area contributed by atoms with Crippen molar-refractivity contribution in [1.29, 1.82) is 5.26 Å². The Bertz CT molecular complexity index is 1100. The lowest BCUT2D eigenvalue weighted by Crippen LogP contribution is -2.19. The van der Waals surface area contributed by atoms with Gasteiger partial charge in [-0.15, -0.1) is 0 Å². The van der Waals surface area contributed by atoms with Crippen LogP contribution in [0.5, 0.6) is 11.5 Å². The van der Waals surface area contributed by atoms with Crippen LogP contribution in [-0.4, -0.2) is 0 Å². The number of halogens is 3. The quantitative estimate of drug-likeness (QED) is 0.508. The fraction of sp³-hybridized carbons (Fsp3) is 0.150. The Morgan fingerprint density at radius 1 is 0.867 bits per heavy atom. The Morgan fingerprint density at radius 3 is 1.87 bits per heavy atom. The Labute approximate surface area is 170 Å². The molecule has 0 bridgehead atoms. The number of nitrogens with zero attached hydrogens (tertiary/aromatic N) is 1. The summed E-state index contributed by atoms with van der Waals surface area (Å²) in [6.45, 7) is 3.41. The van der Waals surface area contributed by atoms with Crippen LogP contribution in [0.1, 0.15) is 25.0 Å². The van der Waals surface area contributed by atoms with Crippen LogP contribution in [0.15, 0.2) is 59.6 Å². The van der Waals surface area contributed by atoms with Crippen LogP contribution in [0.4, 0.5) is 24.5 Å². The zero-order valence-electron chi connectivity index (χ0n) is 16.0. The SMILES string of the molecule is CC1=C(N)Nc2cc(C#N)ccc2O1.CC1=C(N)Nc2cc(C(F)(F)F)ccc2O1. The number of anilines is 2. The maximum absolute atomic E-state index is 12.4. The van der Waals surface area contributed by atoms with Gasteiger partial charge >= 0.3 is 6.18 Å². The molecule has 2 aliphatic rings. The van der Waals surface area contributed by atoms with Crippen molar-refractivity contribution >= 4 is 11.4 Å². The smallest absolute Gasteiger partial charge is 0.416 e. The molecule has 2 aromatic carbocycles. The van der Waals surface area contributed by atoms with Crippen molar-refractivity contribution in [1.82, 2.24) is 0 Å². The summed E-state index contributed by atoms with van der Waals surface area (Å²) in [6.07, 6.45) is -4.37. The summed E-state index contributed by atoms with van der Waals surface area (Å²) < 4.78 is 47.9. The van der Waals surface area contributed by atoms with Crippen LogP contribution in [-0.2, 0) is 6.18 Å². The first-order valence-electron chi connectivity index (χ1n) is 8.66. The molecule has 10 heteroatoms. The van der Waals surface area contributed by atoms with Gasteiger partial charge in [-0.05, 0) is 50.2 Å². The van der Waals surface area contributed by atoms with Crippen molar-refractivity contribution < 1.29 is 22.6 Å². The Kier molecular flexibility index (Phi) is 5.38. The zero-order chi connectivity index (χ0) is 22.1. The van der Waals surface area contributed by atoms with Crippen molar-refractivity contribution in [3.05, 3.63) is 70.7 Å². The molecule has 0 unspecified atom stereocenters. The summed E-state index contributed by atoms with van der Waals surface area (Å²) in [4.78, 5) is 0. The first-order valence-corrected chi connectivity index (χ1v) is 8.66. The lowest BCUT2D eigenvalue weighted by atomic mass is 10.1. The van der Waals surface area contributed by atoms with Gasteiger partial charge < -0.3 is 31.6 Å². The normalized spacial score (nSPS) is 14.5. The van der Waals surface area contributed by atoms with E-state index in [2.05, 4.69) is 16.7 Å². The number of nitrogens with two attached hydrogens (primary N) is 2. The van der Waals surface area contributed by atoms with Crippen LogP contribution in [0.2, 0.25) is 0 Å². The number of alkyl halides is 3. The predicted octanol–water partition coefficient (Wildman–Crippen LogP) is 4.17. The van der Waals surface area contributed by atoms with Crippen molar-refractivity contribution in [3.8, 4) is 17.6 Å². The van der Waals surface area contributed by atoms with Crippen molar-refractivity contribution in [2.75, 3.05) is 10.6 Å². The number of rotatable bonds is 0. The predicted molar refractivity (Wildman–Crippen MR) is 105 cm³/mol. The van der Waals surface area contributed by atoms with E-state index in [0.29, 0.717) is 34.4 Å². The molecule has 30 heavy (non-hydrogen) atoms. The number of hydrogen-bond acceptors (Lipinski definition) is 7. The molecule has 0 amide bonds. The third-order valence-corrected chi connectivity index (χ3v) is 4.24. The van der Waals surface area contributed by atoms with Gasteiger partial charge in [0.1, 0.15) is 23.2 Å². The molecule has 6 N–H and O–H groups in total. The first-order chi connectivity index (χ1) is 14.1. The van der Waals surface area contributed by atoms with Crippen LogP contribution in [0.3, 0.4) is 0 Å². The standard InChI is InChI=1S/C10H9F3N2O.C10H9N3O/c1-5-9(14)15-7-4-6(10(11,12)13)2-3-8(7)16-5;1-6-10(12)13-8-4-7(5-11)2-3-9(8)14-6/h2-4,15H,14H2,1H3;2-4,13H,12H2,1H3. The monoisotopic (exact) mass is 417 g/mol. The molecule has 2 aromatic rings. The van der Waals surface area contributed by atoms with Crippen molar-refractivity contribution in [3.63, 3.8) is 0 Å². The minimum absolute atomic E-state index is 0.215. The highest BCUT2D eigenvalue weighted by atomic mass is 19.4. The summed E-state index contributed by atoms with van der Waals surface area (Å²) in [6, 6.07) is 10.4. The molecule has 0 fully saturated rings. The van der Waals surface area contributed by atoms with E-state index >= 15 is 0 Å². The van der Waals surface area contributed by atoms with E-state index in [-0.39, 0.29) is 11.5 Å². The number of allylic oxidation sites excluding steroid dienone is 2. The van der Waals surface area contributed by atoms with Gasteiger partial charge in [0, 0.05) is 0 Å². The summed E-state index contributed by atoms with van der Waals surface area (Å²) in [7, 11) is 0.